The van der Waals surface area contributed by atoms with E-state index >= 15 is 0 Å². The highest BCUT2D eigenvalue weighted by atomic mass is 35.5. The molecule has 2 N–H and O–H groups in total. The number of halogens is 1. The Balaban J connectivity index is 0.00000225. The Hall–Kier alpha value is -1.63. The second-order valence-corrected chi connectivity index (χ2v) is 7.10. The van der Waals surface area contributed by atoms with Crippen LogP contribution in [0.25, 0.3) is 10.6 Å². The fourth-order valence-corrected chi connectivity index (χ4v) is 3.50. The Labute approximate surface area is 158 Å². The van der Waals surface area contributed by atoms with Gasteiger partial charge in [0.1, 0.15) is 16.5 Å². The van der Waals surface area contributed by atoms with Gasteiger partial charge in [-0.2, -0.15) is 0 Å². The molecular formula is C18H24ClN3O2S. The number of hydrogen-bond donors (Lipinski definition) is 2. The molecule has 2 heterocycles. The van der Waals surface area contributed by atoms with Crippen LogP contribution in [0.5, 0.6) is 5.75 Å². The lowest BCUT2D eigenvalue weighted by Crippen LogP contribution is -2.45. The predicted octanol–water partition coefficient (Wildman–Crippen LogP) is 3.50. The summed E-state index contributed by atoms with van der Waals surface area (Å²) in [4.78, 5) is 16.8. The van der Waals surface area contributed by atoms with Gasteiger partial charge in [0, 0.05) is 23.5 Å². The first kappa shape index (κ1) is 19.7. The van der Waals surface area contributed by atoms with Gasteiger partial charge in [-0.1, -0.05) is 0 Å². The number of carbonyl (C=O) groups excluding carboxylic acids is 1. The van der Waals surface area contributed by atoms with Crippen molar-refractivity contribution in [3.05, 3.63) is 35.3 Å². The molecule has 1 amide bonds. The number of nitrogens with one attached hydrogen (secondary N) is 2. The average Bonchev–Trinajstić information content (AvgIpc) is 3.06. The molecule has 2 aromatic rings. The van der Waals surface area contributed by atoms with Crippen LogP contribution in [0.3, 0.4) is 0 Å². The van der Waals surface area contributed by atoms with Crippen molar-refractivity contribution in [2.75, 3.05) is 13.1 Å². The van der Waals surface area contributed by atoms with E-state index in [1.165, 1.54) is 11.3 Å². The lowest BCUT2D eigenvalue weighted by molar-refractivity contribution is 0.0926. The molecule has 0 aliphatic carbocycles. The Bertz CT molecular complexity index is 682. The van der Waals surface area contributed by atoms with E-state index in [2.05, 4.69) is 15.6 Å². The molecule has 3 rings (SSSR count). The summed E-state index contributed by atoms with van der Waals surface area (Å²) in [5.74, 6) is 0.749. The van der Waals surface area contributed by atoms with Gasteiger partial charge in [-0.3, -0.25) is 4.79 Å². The van der Waals surface area contributed by atoms with Crippen molar-refractivity contribution in [1.29, 1.82) is 0 Å². The number of nitrogens with zero attached hydrogens (tertiary/aromatic N) is 1. The lowest BCUT2D eigenvalue weighted by atomic mass is 10.1. The molecule has 136 valence electrons. The summed E-state index contributed by atoms with van der Waals surface area (Å²) in [6, 6.07) is 8.02. The number of ether oxygens (including phenoxy) is 1. The average molecular weight is 382 g/mol. The number of rotatable bonds is 5. The zero-order valence-electron chi connectivity index (χ0n) is 14.5. The van der Waals surface area contributed by atoms with Crippen LogP contribution in [0.2, 0.25) is 0 Å². The zero-order chi connectivity index (χ0) is 16.9. The summed E-state index contributed by atoms with van der Waals surface area (Å²) >= 11 is 1.48. The normalized spacial score (nSPS) is 17.0. The second kappa shape index (κ2) is 9.17. The summed E-state index contributed by atoms with van der Waals surface area (Å²) in [7, 11) is 0. The first-order valence-electron chi connectivity index (χ1n) is 8.36. The molecule has 0 saturated carbocycles. The van der Waals surface area contributed by atoms with Crippen molar-refractivity contribution in [1.82, 2.24) is 15.6 Å². The van der Waals surface area contributed by atoms with Crippen LogP contribution < -0.4 is 15.4 Å². The highest BCUT2D eigenvalue weighted by Gasteiger charge is 2.18. The maximum atomic E-state index is 12.3. The molecule has 1 aromatic carbocycles. The number of aromatic nitrogens is 1. The van der Waals surface area contributed by atoms with Gasteiger partial charge < -0.3 is 15.4 Å². The molecule has 25 heavy (non-hydrogen) atoms. The number of thiazole rings is 1. The van der Waals surface area contributed by atoms with Crippen LogP contribution in [0.15, 0.2) is 29.6 Å². The van der Waals surface area contributed by atoms with Crippen molar-refractivity contribution in [3.63, 3.8) is 0 Å². The topological polar surface area (TPSA) is 63.2 Å². The van der Waals surface area contributed by atoms with Crippen LogP contribution in [-0.4, -0.2) is 36.1 Å². The largest absolute Gasteiger partial charge is 0.491 e. The number of benzene rings is 1. The van der Waals surface area contributed by atoms with Crippen molar-refractivity contribution in [2.24, 2.45) is 0 Å². The third-order valence-electron chi connectivity index (χ3n) is 3.84. The molecule has 7 heteroatoms. The van der Waals surface area contributed by atoms with Gasteiger partial charge >= 0.3 is 0 Å². The summed E-state index contributed by atoms with van der Waals surface area (Å²) in [6.45, 7) is 5.87. The summed E-state index contributed by atoms with van der Waals surface area (Å²) < 4.78 is 5.65. The van der Waals surface area contributed by atoms with E-state index in [0.29, 0.717) is 5.69 Å². The monoisotopic (exact) mass is 381 g/mol. The molecule has 1 aliphatic heterocycles. The van der Waals surface area contributed by atoms with Crippen molar-refractivity contribution >= 4 is 29.7 Å². The van der Waals surface area contributed by atoms with E-state index in [1.807, 2.05) is 43.5 Å². The minimum Gasteiger partial charge on any atom is -0.491 e. The number of hydrogen-bond acceptors (Lipinski definition) is 5. The fourth-order valence-electron chi connectivity index (χ4n) is 2.69. The fraction of sp³-hybridized carbons (Fsp3) is 0.444. The SMILES string of the molecule is CC(C)Oc1ccc(-c2nc(C(=O)N[C@H]3CCCNC3)cs2)cc1.Cl. The molecule has 0 radical (unpaired) electrons. The predicted molar refractivity (Wildman–Crippen MR) is 104 cm³/mol. The second-order valence-electron chi connectivity index (χ2n) is 6.25. The Morgan fingerprint density at radius 1 is 1.36 bits per heavy atom. The summed E-state index contributed by atoms with van der Waals surface area (Å²) in [6.07, 6.45) is 2.27. The molecule has 1 fully saturated rings. The van der Waals surface area contributed by atoms with Gasteiger partial charge in [0.05, 0.1) is 6.10 Å². The first-order valence-corrected chi connectivity index (χ1v) is 9.24. The van der Waals surface area contributed by atoms with Gasteiger partial charge in [0.2, 0.25) is 0 Å². The van der Waals surface area contributed by atoms with Crippen LogP contribution in [-0.2, 0) is 0 Å². The van der Waals surface area contributed by atoms with E-state index in [-0.39, 0.29) is 30.5 Å². The van der Waals surface area contributed by atoms with Crippen LogP contribution in [0, 0.1) is 0 Å². The van der Waals surface area contributed by atoms with Crippen LogP contribution in [0.1, 0.15) is 37.2 Å². The number of piperidine rings is 1. The first-order chi connectivity index (χ1) is 11.6. The molecule has 0 unspecified atom stereocenters. The van der Waals surface area contributed by atoms with E-state index in [4.69, 9.17) is 4.74 Å². The molecule has 1 saturated heterocycles. The Morgan fingerprint density at radius 3 is 2.76 bits per heavy atom. The molecule has 1 aliphatic rings. The highest BCUT2D eigenvalue weighted by molar-refractivity contribution is 7.13. The Morgan fingerprint density at radius 2 is 2.12 bits per heavy atom. The third-order valence-corrected chi connectivity index (χ3v) is 4.73. The zero-order valence-corrected chi connectivity index (χ0v) is 16.1. The number of amides is 1. The van der Waals surface area contributed by atoms with Crippen molar-refractivity contribution in [2.45, 2.75) is 38.8 Å². The smallest absolute Gasteiger partial charge is 0.271 e. The third kappa shape index (κ3) is 5.42. The highest BCUT2D eigenvalue weighted by Crippen LogP contribution is 2.26. The van der Waals surface area contributed by atoms with Gasteiger partial charge in [-0.25, -0.2) is 4.98 Å². The minimum atomic E-state index is -0.0917. The van der Waals surface area contributed by atoms with E-state index in [0.717, 1.165) is 42.3 Å². The molecule has 0 bridgehead atoms. The molecular weight excluding hydrogens is 358 g/mol. The summed E-state index contributed by atoms with van der Waals surface area (Å²) in [5, 5.41) is 9.01. The van der Waals surface area contributed by atoms with E-state index < -0.39 is 0 Å². The molecule has 1 aromatic heterocycles. The Kier molecular flexibility index (Phi) is 7.23. The van der Waals surface area contributed by atoms with E-state index in [1.54, 1.807) is 0 Å². The summed E-state index contributed by atoms with van der Waals surface area (Å²) in [5.41, 5.74) is 1.48. The van der Waals surface area contributed by atoms with Crippen LogP contribution in [0.4, 0.5) is 0 Å². The standard InChI is InChI=1S/C18H23N3O2S.ClH/c1-12(2)23-15-7-5-13(6-8-15)18-21-16(11-24-18)17(22)20-14-4-3-9-19-10-14;/h5-8,11-12,14,19H,3-4,9-10H2,1-2H3,(H,20,22);1H/t14-;/m0./s1. The molecule has 5 nitrogen and oxygen atoms in total. The lowest BCUT2D eigenvalue weighted by Gasteiger charge is -2.23. The quantitative estimate of drug-likeness (QED) is 0.832. The van der Waals surface area contributed by atoms with Gasteiger partial charge in [0.25, 0.3) is 5.91 Å². The van der Waals surface area contributed by atoms with Crippen molar-refractivity contribution < 1.29 is 9.53 Å². The van der Waals surface area contributed by atoms with Crippen molar-refractivity contribution in [3.8, 4) is 16.3 Å². The molecule has 1 atom stereocenters. The minimum absolute atomic E-state index is 0. The maximum absolute atomic E-state index is 12.3. The van der Waals surface area contributed by atoms with Gasteiger partial charge in [-0.05, 0) is 57.5 Å². The maximum Gasteiger partial charge on any atom is 0.271 e. The van der Waals surface area contributed by atoms with Gasteiger partial charge in [0.15, 0.2) is 0 Å². The van der Waals surface area contributed by atoms with Crippen LogP contribution >= 0.6 is 23.7 Å². The number of carbonyl (C=O) groups is 1. The van der Waals surface area contributed by atoms with E-state index in [9.17, 15) is 4.79 Å². The van der Waals surface area contributed by atoms with Gasteiger partial charge in [-0.15, -0.1) is 23.7 Å². The molecule has 0 spiro atoms.